The smallest absolute Gasteiger partial charge is 0.306 e. The fourth-order valence-corrected chi connectivity index (χ4v) is 4.66. The van der Waals surface area contributed by atoms with Crippen molar-refractivity contribution in [3.63, 3.8) is 0 Å². The normalized spacial score (nSPS) is 18.9. The number of halogens is 1. The fraction of sp³-hybridized carbons (Fsp3) is 0.462. The first-order valence-corrected chi connectivity index (χ1v) is 11.9. The molecular weight excluding hydrogens is 440 g/mol. The second-order valence-electron chi connectivity index (χ2n) is 8.74. The number of carboxylic acids is 1. The van der Waals surface area contributed by atoms with Gasteiger partial charge in [-0.25, -0.2) is 0 Å². The van der Waals surface area contributed by atoms with Crippen molar-refractivity contribution >= 4 is 29.2 Å². The molecule has 7 heteroatoms. The van der Waals surface area contributed by atoms with E-state index in [2.05, 4.69) is 17.6 Å². The van der Waals surface area contributed by atoms with Crippen LogP contribution in [0.25, 0.3) is 0 Å². The fourth-order valence-electron chi connectivity index (χ4n) is 4.48. The largest absolute Gasteiger partial charge is 0.496 e. The molecule has 1 aliphatic rings. The monoisotopic (exact) mass is 472 g/mol. The second-order valence-corrected chi connectivity index (χ2v) is 9.18. The molecule has 1 fully saturated rings. The first-order valence-electron chi connectivity index (χ1n) is 11.6. The first-order chi connectivity index (χ1) is 15.8. The minimum Gasteiger partial charge on any atom is -0.496 e. The molecule has 1 unspecified atom stereocenters. The topological polar surface area (TPSA) is 87.7 Å². The molecule has 0 bridgehead atoms. The number of anilines is 1. The summed E-state index contributed by atoms with van der Waals surface area (Å²) in [5.74, 6) is 0.0662. The van der Waals surface area contributed by atoms with Crippen molar-refractivity contribution in [2.45, 2.75) is 52.0 Å². The molecule has 3 N–H and O–H groups in total. The number of carboxylic acid groups (broad SMARTS) is 1. The van der Waals surface area contributed by atoms with Crippen LogP contribution in [-0.4, -0.2) is 30.6 Å². The van der Waals surface area contributed by atoms with Crippen molar-refractivity contribution in [1.29, 1.82) is 0 Å². The zero-order valence-electron chi connectivity index (χ0n) is 19.5. The molecular formula is C26H33ClN2O4. The van der Waals surface area contributed by atoms with Gasteiger partial charge in [-0.3, -0.25) is 9.59 Å². The first kappa shape index (κ1) is 24.9. The van der Waals surface area contributed by atoms with Gasteiger partial charge in [0.25, 0.3) is 5.91 Å². The minimum absolute atomic E-state index is 0.0374. The van der Waals surface area contributed by atoms with Crippen LogP contribution < -0.4 is 15.4 Å². The highest BCUT2D eigenvalue weighted by molar-refractivity contribution is 6.30. The van der Waals surface area contributed by atoms with E-state index in [0.717, 1.165) is 41.8 Å². The summed E-state index contributed by atoms with van der Waals surface area (Å²) in [6.07, 6.45) is 3.83. The van der Waals surface area contributed by atoms with E-state index >= 15 is 0 Å². The summed E-state index contributed by atoms with van der Waals surface area (Å²) in [6.45, 7) is 4.69. The number of aryl methyl sites for hydroxylation is 1. The lowest BCUT2D eigenvalue weighted by atomic mass is 9.82. The van der Waals surface area contributed by atoms with Gasteiger partial charge in [-0.2, -0.15) is 0 Å². The van der Waals surface area contributed by atoms with Gasteiger partial charge in [0.2, 0.25) is 0 Å². The molecule has 0 radical (unpaired) electrons. The molecule has 1 aliphatic carbocycles. The Morgan fingerprint density at radius 1 is 1.15 bits per heavy atom. The number of hydrogen-bond acceptors (Lipinski definition) is 4. The molecule has 2 aromatic rings. The van der Waals surface area contributed by atoms with Crippen LogP contribution >= 0.6 is 11.6 Å². The Kier molecular flexibility index (Phi) is 8.61. The minimum atomic E-state index is -0.707. The number of ether oxygens (including phenoxy) is 1. The van der Waals surface area contributed by atoms with Gasteiger partial charge in [0.1, 0.15) is 5.75 Å². The molecule has 178 valence electrons. The zero-order chi connectivity index (χ0) is 24.0. The quantitative estimate of drug-likeness (QED) is 0.435. The highest BCUT2D eigenvalue weighted by Crippen LogP contribution is 2.32. The second kappa shape index (κ2) is 11.4. The highest BCUT2D eigenvalue weighted by Gasteiger charge is 2.26. The number of aliphatic carboxylic acids is 1. The third kappa shape index (κ3) is 6.41. The SMILES string of the molecule is CCc1cc(C(=O)NC[C@H]2CC[C@H](C(=O)O)CC2)ccc1NC(C)c1cc(Cl)ccc1OC. The zero-order valence-corrected chi connectivity index (χ0v) is 20.2. The summed E-state index contributed by atoms with van der Waals surface area (Å²) in [6, 6.07) is 11.2. The van der Waals surface area contributed by atoms with E-state index in [0.29, 0.717) is 35.9 Å². The van der Waals surface area contributed by atoms with Gasteiger partial charge in [0.15, 0.2) is 0 Å². The molecule has 2 aromatic carbocycles. The number of nitrogens with one attached hydrogen (secondary N) is 2. The number of hydrogen-bond donors (Lipinski definition) is 3. The van der Waals surface area contributed by atoms with E-state index in [1.165, 1.54) is 0 Å². The van der Waals surface area contributed by atoms with Crippen LogP contribution in [0.5, 0.6) is 5.75 Å². The Hall–Kier alpha value is -2.73. The number of rotatable bonds is 9. The van der Waals surface area contributed by atoms with E-state index in [-0.39, 0.29) is 17.9 Å². The summed E-state index contributed by atoms with van der Waals surface area (Å²) >= 11 is 6.19. The van der Waals surface area contributed by atoms with Crippen molar-refractivity contribution < 1.29 is 19.4 Å². The van der Waals surface area contributed by atoms with Crippen LogP contribution in [0.2, 0.25) is 5.02 Å². The van der Waals surface area contributed by atoms with Crippen LogP contribution in [0.4, 0.5) is 5.69 Å². The maximum absolute atomic E-state index is 12.7. The van der Waals surface area contributed by atoms with Gasteiger partial charge in [-0.05, 0) is 86.9 Å². The number of methoxy groups -OCH3 is 1. The van der Waals surface area contributed by atoms with Crippen LogP contribution in [0, 0.1) is 11.8 Å². The van der Waals surface area contributed by atoms with Gasteiger partial charge in [0.05, 0.1) is 19.1 Å². The van der Waals surface area contributed by atoms with Gasteiger partial charge >= 0.3 is 5.97 Å². The summed E-state index contributed by atoms with van der Waals surface area (Å²) in [5.41, 5.74) is 3.61. The van der Waals surface area contributed by atoms with E-state index in [1.54, 1.807) is 13.2 Å². The lowest BCUT2D eigenvalue weighted by Crippen LogP contribution is -2.32. The maximum Gasteiger partial charge on any atom is 0.306 e. The molecule has 1 saturated carbocycles. The maximum atomic E-state index is 12.7. The van der Waals surface area contributed by atoms with E-state index in [1.807, 2.05) is 37.3 Å². The van der Waals surface area contributed by atoms with E-state index < -0.39 is 5.97 Å². The van der Waals surface area contributed by atoms with Crippen molar-refractivity contribution in [2.75, 3.05) is 19.0 Å². The predicted molar refractivity (Wildman–Crippen MR) is 131 cm³/mol. The van der Waals surface area contributed by atoms with Crippen molar-refractivity contribution in [3.8, 4) is 5.75 Å². The summed E-state index contributed by atoms with van der Waals surface area (Å²) in [7, 11) is 1.64. The van der Waals surface area contributed by atoms with Crippen LogP contribution in [0.15, 0.2) is 36.4 Å². The van der Waals surface area contributed by atoms with Crippen LogP contribution in [-0.2, 0) is 11.2 Å². The molecule has 6 nitrogen and oxygen atoms in total. The number of carbonyl (C=O) groups excluding carboxylic acids is 1. The third-order valence-corrected chi connectivity index (χ3v) is 6.76. The van der Waals surface area contributed by atoms with Crippen molar-refractivity contribution in [1.82, 2.24) is 5.32 Å². The Morgan fingerprint density at radius 2 is 1.88 bits per heavy atom. The summed E-state index contributed by atoms with van der Waals surface area (Å²) in [4.78, 5) is 23.9. The van der Waals surface area contributed by atoms with Crippen molar-refractivity contribution in [3.05, 3.63) is 58.1 Å². The molecule has 0 heterocycles. The standard InChI is InChI=1S/C26H33ClN2O4/c1-4-18-13-20(25(30)28-15-17-5-7-19(8-6-17)26(31)32)9-11-23(18)29-16(2)22-14-21(27)10-12-24(22)33-3/h9-14,16-17,19,29H,4-8,15H2,1-3H3,(H,28,30)(H,31,32)/t16?,17-,19-. The van der Waals surface area contributed by atoms with E-state index in [9.17, 15) is 9.59 Å². The third-order valence-electron chi connectivity index (χ3n) is 6.53. The number of carbonyl (C=O) groups is 2. The summed E-state index contributed by atoms with van der Waals surface area (Å²) in [5, 5.41) is 16.3. The number of benzene rings is 2. The average molecular weight is 473 g/mol. The molecule has 33 heavy (non-hydrogen) atoms. The van der Waals surface area contributed by atoms with Crippen molar-refractivity contribution in [2.24, 2.45) is 11.8 Å². The van der Waals surface area contributed by atoms with E-state index in [4.69, 9.17) is 21.4 Å². The lowest BCUT2D eigenvalue weighted by Gasteiger charge is -2.26. The molecule has 3 rings (SSSR count). The van der Waals surface area contributed by atoms with Gasteiger partial charge in [-0.15, -0.1) is 0 Å². The predicted octanol–water partition coefficient (Wildman–Crippen LogP) is 5.70. The van der Waals surface area contributed by atoms with Crippen LogP contribution in [0.3, 0.4) is 0 Å². The Balaban J connectivity index is 1.63. The molecule has 1 amide bonds. The van der Waals surface area contributed by atoms with Gasteiger partial charge < -0.3 is 20.5 Å². The molecule has 0 aromatic heterocycles. The Bertz CT molecular complexity index is 986. The van der Waals surface area contributed by atoms with Crippen LogP contribution in [0.1, 0.15) is 67.1 Å². The Labute approximate surface area is 200 Å². The average Bonchev–Trinajstić information content (AvgIpc) is 2.82. The lowest BCUT2D eigenvalue weighted by molar-refractivity contribution is -0.143. The molecule has 0 spiro atoms. The molecule has 0 aliphatic heterocycles. The van der Waals surface area contributed by atoms with Gasteiger partial charge in [-0.1, -0.05) is 18.5 Å². The highest BCUT2D eigenvalue weighted by atomic mass is 35.5. The number of amides is 1. The molecule has 0 saturated heterocycles. The summed E-state index contributed by atoms with van der Waals surface area (Å²) < 4.78 is 5.48. The molecule has 1 atom stereocenters. The Morgan fingerprint density at radius 3 is 2.52 bits per heavy atom. The van der Waals surface area contributed by atoms with Gasteiger partial charge in [0, 0.05) is 28.4 Å².